The highest BCUT2D eigenvalue weighted by Gasteiger charge is 2.31. The molecule has 1 amide bonds. The Balaban J connectivity index is 0.00000312. The first-order valence-corrected chi connectivity index (χ1v) is 7.39. The number of hydrogen-bond acceptors (Lipinski definition) is 4. The maximum absolute atomic E-state index is 12.9. The van der Waals surface area contributed by atoms with Crippen LogP contribution >= 0.6 is 24.8 Å². The van der Waals surface area contributed by atoms with Gasteiger partial charge in [-0.1, -0.05) is 6.92 Å². The van der Waals surface area contributed by atoms with E-state index in [0.717, 1.165) is 18.6 Å². The van der Waals surface area contributed by atoms with Crippen molar-refractivity contribution in [2.75, 3.05) is 17.2 Å². The molecular weight excluding hydrogens is 394 g/mol. The number of benzene rings is 1. The number of alkyl halides is 3. The zero-order valence-electron chi connectivity index (χ0n) is 13.9. The van der Waals surface area contributed by atoms with Crippen LogP contribution in [0.4, 0.5) is 24.5 Å². The van der Waals surface area contributed by atoms with Crippen molar-refractivity contribution < 1.29 is 22.4 Å². The first kappa shape index (κ1) is 24.1. The van der Waals surface area contributed by atoms with Crippen molar-refractivity contribution >= 4 is 42.1 Å². The number of nitrogens with two attached hydrogens (primary N) is 1. The van der Waals surface area contributed by atoms with Gasteiger partial charge in [0.1, 0.15) is 12.0 Å². The summed E-state index contributed by atoms with van der Waals surface area (Å²) in [6, 6.07) is 4.62. The predicted octanol–water partition coefficient (Wildman–Crippen LogP) is 4.67. The summed E-state index contributed by atoms with van der Waals surface area (Å²) >= 11 is 0. The van der Waals surface area contributed by atoms with Crippen molar-refractivity contribution in [3.8, 4) is 0 Å². The number of hydrogen-bond donors (Lipinski definition) is 3. The number of rotatable bonds is 6. The van der Waals surface area contributed by atoms with Gasteiger partial charge in [0.25, 0.3) is 5.91 Å². The minimum Gasteiger partial charge on any atom is -0.467 e. The zero-order valence-corrected chi connectivity index (χ0v) is 15.5. The lowest BCUT2D eigenvalue weighted by molar-refractivity contribution is -0.137. The third kappa shape index (κ3) is 6.12. The molecule has 146 valence electrons. The Morgan fingerprint density at radius 1 is 1.19 bits per heavy atom. The highest BCUT2D eigenvalue weighted by Crippen LogP contribution is 2.34. The maximum Gasteiger partial charge on any atom is 0.416 e. The molecule has 1 aromatic carbocycles. The Kier molecular flexibility index (Phi) is 9.55. The lowest BCUT2D eigenvalue weighted by Crippen LogP contribution is -2.15. The predicted molar refractivity (Wildman–Crippen MR) is 99.3 cm³/mol. The van der Waals surface area contributed by atoms with E-state index in [1.54, 1.807) is 0 Å². The summed E-state index contributed by atoms with van der Waals surface area (Å²) in [6.45, 7) is 2.62. The van der Waals surface area contributed by atoms with Gasteiger partial charge in [-0.05, 0) is 30.7 Å². The van der Waals surface area contributed by atoms with Crippen LogP contribution in [-0.2, 0) is 12.7 Å². The summed E-state index contributed by atoms with van der Waals surface area (Å²) in [5.74, 6) is -0.161. The molecule has 4 N–H and O–H groups in total. The lowest BCUT2D eigenvalue weighted by atomic mass is 10.1. The van der Waals surface area contributed by atoms with E-state index < -0.39 is 17.6 Å². The molecule has 2 rings (SSSR count). The molecule has 0 unspecified atom stereocenters. The molecule has 0 saturated heterocycles. The van der Waals surface area contributed by atoms with Crippen LogP contribution in [0.25, 0.3) is 0 Å². The topological polar surface area (TPSA) is 80.3 Å². The van der Waals surface area contributed by atoms with E-state index in [4.69, 9.17) is 10.2 Å². The maximum atomic E-state index is 12.9. The third-order valence-corrected chi connectivity index (χ3v) is 3.28. The van der Waals surface area contributed by atoms with E-state index in [0.29, 0.717) is 18.0 Å². The molecule has 2 aromatic rings. The van der Waals surface area contributed by atoms with Crippen molar-refractivity contribution in [3.63, 3.8) is 0 Å². The number of halogens is 5. The molecule has 0 saturated carbocycles. The highest BCUT2D eigenvalue weighted by atomic mass is 35.5. The van der Waals surface area contributed by atoms with Crippen LogP contribution in [0.3, 0.4) is 0 Å². The van der Waals surface area contributed by atoms with Crippen LogP contribution in [0.5, 0.6) is 0 Å². The Bertz CT molecular complexity index is 721. The summed E-state index contributed by atoms with van der Waals surface area (Å²) < 4.78 is 43.8. The average Bonchev–Trinajstić information content (AvgIpc) is 3.02. The standard InChI is InChI=1S/C16H18F3N3O2.2ClH/c1-2-5-21-13-4-3-11(16(17,18)19)7-14(13)22-15(23)10-6-12(8-20)24-9-10;;/h3-4,6-7,9,21H,2,5,8,20H2,1H3,(H,22,23);2*1H. The van der Waals surface area contributed by atoms with Gasteiger partial charge in [0.15, 0.2) is 0 Å². The molecule has 0 aliphatic heterocycles. The molecule has 0 bridgehead atoms. The lowest BCUT2D eigenvalue weighted by Gasteiger charge is -2.15. The van der Waals surface area contributed by atoms with Crippen LogP contribution in [0.1, 0.15) is 35.0 Å². The van der Waals surface area contributed by atoms with E-state index in [9.17, 15) is 18.0 Å². The summed E-state index contributed by atoms with van der Waals surface area (Å²) in [7, 11) is 0. The Morgan fingerprint density at radius 3 is 2.42 bits per heavy atom. The molecule has 1 aromatic heterocycles. The molecule has 0 aliphatic rings. The van der Waals surface area contributed by atoms with Crippen molar-refractivity contribution in [3.05, 3.63) is 47.4 Å². The normalized spacial score (nSPS) is 10.5. The summed E-state index contributed by atoms with van der Waals surface area (Å²) in [5.41, 5.74) is 5.22. The van der Waals surface area contributed by atoms with E-state index in [1.165, 1.54) is 18.4 Å². The summed E-state index contributed by atoms with van der Waals surface area (Å²) in [4.78, 5) is 12.2. The van der Waals surface area contributed by atoms with Gasteiger partial charge in [-0.15, -0.1) is 24.8 Å². The van der Waals surface area contributed by atoms with Crippen LogP contribution in [-0.4, -0.2) is 12.5 Å². The minimum atomic E-state index is -4.49. The fourth-order valence-electron chi connectivity index (χ4n) is 2.04. The summed E-state index contributed by atoms with van der Waals surface area (Å²) in [6.07, 6.45) is -2.49. The molecule has 0 aliphatic carbocycles. The third-order valence-electron chi connectivity index (χ3n) is 3.28. The average molecular weight is 414 g/mol. The second-order valence-electron chi connectivity index (χ2n) is 5.14. The van der Waals surface area contributed by atoms with E-state index in [-0.39, 0.29) is 42.6 Å². The van der Waals surface area contributed by atoms with Gasteiger partial charge >= 0.3 is 6.18 Å². The van der Waals surface area contributed by atoms with Crippen LogP contribution in [0.2, 0.25) is 0 Å². The molecule has 26 heavy (non-hydrogen) atoms. The number of amides is 1. The Morgan fingerprint density at radius 2 is 1.88 bits per heavy atom. The van der Waals surface area contributed by atoms with Gasteiger partial charge < -0.3 is 20.8 Å². The van der Waals surface area contributed by atoms with Crippen molar-refractivity contribution in [2.24, 2.45) is 5.73 Å². The number of anilines is 2. The number of carbonyl (C=O) groups excluding carboxylic acids is 1. The molecule has 0 radical (unpaired) electrons. The molecule has 0 atom stereocenters. The molecule has 0 fully saturated rings. The largest absolute Gasteiger partial charge is 0.467 e. The number of furan rings is 1. The highest BCUT2D eigenvalue weighted by molar-refractivity contribution is 6.05. The van der Waals surface area contributed by atoms with Crippen molar-refractivity contribution in [1.29, 1.82) is 0 Å². The second-order valence-corrected chi connectivity index (χ2v) is 5.14. The molecule has 10 heteroatoms. The fraction of sp³-hybridized carbons (Fsp3) is 0.312. The van der Waals surface area contributed by atoms with Gasteiger partial charge in [-0.2, -0.15) is 13.2 Å². The molecular formula is C16H20Cl2F3N3O2. The van der Waals surface area contributed by atoms with Gasteiger partial charge in [-0.25, -0.2) is 0 Å². The first-order valence-electron chi connectivity index (χ1n) is 7.39. The monoisotopic (exact) mass is 413 g/mol. The molecule has 5 nitrogen and oxygen atoms in total. The zero-order chi connectivity index (χ0) is 17.7. The van der Waals surface area contributed by atoms with Crippen LogP contribution < -0.4 is 16.4 Å². The van der Waals surface area contributed by atoms with Crippen molar-refractivity contribution in [2.45, 2.75) is 26.1 Å². The van der Waals surface area contributed by atoms with Gasteiger partial charge in [0.05, 0.1) is 29.0 Å². The van der Waals surface area contributed by atoms with Gasteiger partial charge in [0.2, 0.25) is 0 Å². The second kappa shape index (κ2) is 10.3. The van der Waals surface area contributed by atoms with Crippen LogP contribution in [0.15, 0.2) is 34.9 Å². The SMILES string of the molecule is CCCNc1ccc(C(F)(F)F)cc1NC(=O)c1coc(CN)c1.Cl.Cl. The minimum absolute atomic E-state index is 0. The Labute approximate surface area is 161 Å². The number of nitrogens with one attached hydrogen (secondary N) is 2. The van der Waals surface area contributed by atoms with Gasteiger partial charge in [0, 0.05) is 6.54 Å². The smallest absolute Gasteiger partial charge is 0.416 e. The quantitative estimate of drug-likeness (QED) is 0.642. The molecule has 1 heterocycles. The van der Waals surface area contributed by atoms with Crippen molar-refractivity contribution in [1.82, 2.24) is 0 Å². The van der Waals surface area contributed by atoms with E-state index >= 15 is 0 Å². The fourth-order valence-corrected chi connectivity index (χ4v) is 2.04. The van der Waals surface area contributed by atoms with Gasteiger partial charge in [-0.3, -0.25) is 4.79 Å². The van der Waals surface area contributed by atoms with E-state index in [1.807, 2.05) is 6.92 Å². The first-order chi connectivity index (χ1) is 11.3. The van der Waals surface area contributed by atoms with Crippen LogP contribution in [0, 0.1) is 0 Å². The number of carbonyl (C=O) groups is 1. The Hall–Kier alpha value is -1.90. The summed E-state index contributed by atoms with van der Waals surface area (Å²) in [5, 5.41) is 5.47. The van der Waals surface area contributed by atoms with E-state index in [2.05, 4.69) is 10.6 Å². The molecule has 0 spiro atoms.